The van der Waals surface area contributed by atoms with E-state index in [9.17, 15) is 9.59 Å². The van der Waals surface area contributed by atoms with Crippen molar-refractivity contribution in [1.82, 2.24) is 10.6 Å². The molecule has 0 saturated carbocycles. The Morgan fingerprint density at radius 2 is 1.65 bits per heavy atom. The number of amides is 2. The molecule has 0 bridgehead atoms. The smallest absolute Gasteiger partial charge is 0.221 e. The van der Waals surface area contributed by atoms with Crippen LogP contribution in [0.15, 0.2) is 0 Å². The van der Waals surface area contributed by atoms with Crippen molar-refractivity contribution in [2.75, 3.05) is 19.6 Å². The Morgan fingerprint density at radius 3 is 2.15 bits per heavy atom. The number of hydrogen-bond donors (Lipinski definition) is 3. The van der Waals surface area contributed by atoms with Gasteiger partial charge in [-0.3, -0.25) is 9.59 Å². The molecule has 0 spiro atoms. The van der Waals surface area contributed by atoms with Crippen molar-refractivity contribution in [2.24, 2.45) is 17.1 Å². The first-order chi connectivity index (χ1) is 9.31. The van der Waals surface area contributed by atoms with Crippen molar-refractivity contribution >= 4 is 11.8 Å². The Kier molecular flexibility index (Phi) is 9.21. The van der Waals surface area contributed by atoms with Crippen LogP contribution >= 0.6 is 0 Å². The maximum absolute atomic E-state index is 11.7. The lowest BCUT2D eigenvalue weighted by Gasteiger charge is -2.30. The molecular weight excluding hydrogens is 254 g/mol. The largest absolute Gasteiger partial charge is 0.356 e. The van der Waals surface area contributed by atoms with Crippen LogP contribution in [-0.4, -0.2) is 31.4 Å². The minimum Gasteiger partial charge on any atom is -0.356 e. The third-order valence-electron chi connectivity index (χ3n) is 3.51. The van der Waals surface area contributed by atoms with Crippen LogP contribution in [0.5, 0.6) is 0 Å². The Balaban J connectivity index is 3.93. The predicted octanol–water partition coefficient (Wildman–Crippen LogP) is 1.42. The zero-order valence-electron chi connectivity index (χ0n) is 13.4. The summed E-state index contributed by atoms with van der Waals surface area (Å²) < 4.78 is 0. The normalized spacial score (nSPS) is 12.8. The van der Waals surface area contributed by atoms with Gasteiger partial charge in [0.05, 0.1) is 0 Å². The highest BCUT2D eigenvalue weighted by Crippen LogP contribution is 2.31. The van der Waals surface area contributed by atoms with Gasteiger partial charge in [0.2, 0.25) is 11.8 Å². The van der Waals surface area contributed by atoms with Crippen molar-refractivity contribution in [1.29, 1.82) is 0 Å². The topological polar surface area (TPSA) is 84.2 Å². The lowest BCUT2D eigenvalue weighted by Crippen LogP contribution is -2.31. The summed E-state index contributed by atoms with van der Waals surface area (Å²) in [5.74, 6) is 0.436. The van der Waals surface area contributed by atoms with Gasteiger partial charge in [0.15, 0.2) is 0 Å². The van der Waals surface area contributed by atoms with E-state index in [1.54, 1.807) is 0 Å². The van der Waals surface area contributed by atoms with Gasteiger partial charge >= 0.3 is 0 Å². The van der Waals surface area contributed by atoms with Gasteiger partial charge in [-0.05, 0) is 37.6 Å². The summed E-state index contributed by atoms with van der Waals surface area (Å²) in [5.41, 5.74) is 5.80. The molecule has 118 valence electrons. The van der Waals surface area contributed by atoms with Crippen LogP contribution < -0.4 is 16.4 Å². The van der Waals surface area contributed by atoms with Gasteiger partial charge in [-0.25, -0.2) is 0 Å². The fourth-order valence-electron chi connectivity index (χ4n) is 2.21. The third-order valence-corrected chi connectivity index (χ3v) is 3.51. The summed E-state index contributed by atoms with van der Waals surface area (Å²) in [6, 6.07) is 0. The Hall–Kier alpha value is -1.10. The van der Waals surface area contributed by atoms with Crippen LogP contribution in [0.25, 0.3) is 0 Å². The predicted molar refractivity (Wildman–Crippen MR) is 82.2 cm³/mol. The molecule has 0 aromatic carbocycles. The second kappa shape index (κ2) is 9.75. The standard InChI is InChI=1S/C15H31N3O2/c1-5-17-14(20)9-11-18-13(19)7-6-12(8-10-16)15(2,3)4/h12H,5-11,16H2,1-4H3,(H,17,20)(H,18,19). The molecule has 0 aliphatic heterocycles. The van der Waals surface area contributed by atoms with Crippen LogP contribution in [0.3, 0.4) is 0 Å². The zero-order chi connectivity index (χ0) is 15.6. The van der Waals surface area contributed by atoms with E-state index in [2.05, 4.69) is 31.4 Å². The van der Waals surface area contributed by atoms with Crippen molar-refractivity contribution in [3.8, 4) is 0 Å². The minimum atomic E-state index is -0.0245. The van der Waals surface area contributed by atoms with Crippen molar-refractivity contribution in [2.45, 2.75) is 53.4 Å². The molecule has 0 aromatic rings. The zero-order valence-corrected chi connectivity index (χ0v) is 13.4. The fourth-order valence-corrected chi connectivity index (χ4v) is 2.21. The molecule has 0 radical (unpaired) electrons. The van der Waals surface area contributed by atoms with Crippen LogP contribution in [0.4, 0.5) is 0 Å². The number of carbonyl (C=O) groups is 2. The fraction of sp³-hybridized carbons (Fsp3) is 0.867. The van der Waals surface area contributed by atoms with E-state index in [0.717, 1.165) is 12.8 Å². The van der Waals surface area contributed by atoms with E-state index in [-0.39, 0.29) is 17.2 Å². The summed E-state index contributed by atoms with van der Waals surface area (Å²) in [6.45, 7) is 10.1. The molecule has 0 rings (SSSR count). The molecular formula is C15H31N3O2. The SMILES string of the molecule is CCNC(=O)CCNC(=O)CCC(CCN)C(C)(C)C. The Bertz CT molecular complexity index is 298. The second-order valence-corrected chi connectivity index (χ2v) is 6.23. The van der Waals surface area contributed by atoms with Gasteiger partial charge in [0, 0.05) is 25.9 Å². The van der Waals surface area contributed by atoms with E-state index in [4.69, 9.17) is 5.73 Å². The molecule has 0 aliphatic carbocycles. The van der Waals surface area contributed by atoms with Gasteiger partial charge in [-0.1, -0.05) is 20.8 Å². The molecule has 20 heavy (non-hydrogen) atoms. The number of rotatable bonds is 9. The molecule has 0 aromatic heterocycles. The number of nitrogens with one attached hydrogen (secondary N) is 2. The van der Waals surface area contributed by atoms with Gasteiger partial charge in [-0.15, -0.1) is 0 Å². The average molecular weight is 285 g/mol. The maximum Gasteiger partial charge on any atom is 0.221 e. The molecule has 0 fully saturated rings. The highest BCUT2D eigenvalue weighted by atomic mass is 16.2. The summed E-state index contributed by atoms with van der Waals surface area (Å²) >= 11 is 0. The second-order valence-electron chi connectivity index (χ2n) is 6.23. The molecule has 0 heterocycles. The molecule has 2 amide bonds. The highest BCUT2D eigenvalue weighted by molar-refractivity contribution is 5.78. The quantitative estimate of drug-likeness (QED) is 0.599. The van der Waals surface area contributed by atoms with Gasteiger partial charge in [0.25, 0.3) is 0 Å². The van der Waals surface area contributed by atoms with E-state index in [1.165, 1.54) is 0 Å². The molecule has 1 atom stereocenters. The average Bonchev–Trinajstić information content (AvgIpc) is 2.33. The number of carbonyl (C=O) groups excluding carboxylic acids is 2. The van der Waals surface area contributed by atoms with Crippen LogP contribution in [0.2, 0.25) is 0 Å². The van der Waals surface area contributed by atoms with Gasteiger partial charge < -0.3 is 16.4 Å². The monoisotopic (exact) mass is 285 g/mol. The van der Waals surface area contributed by atoms with Crippen molar-refractivity contribution < 1.29 is 9.59 Å². The minimum absolute atomic E-state index is 0.0144. The first kappa shape index (κ1) is 18.9. The molecule has 1 unspecified atom stereocenters. The van der Waals surface area contributed by atoms with Crippen LogP contribution in [-0.2, 0) is 9.59 Å². The summed E-state index contributed by atoms with van der Waals surface area (Å²) in [7, 11) is 0. The van der Waals surface area contributed by atoms with E-state index in [1.807, 2.05) is 6.92 Å². The van der Waals surface area contributed by atoms with Gasteiger partial charge in [-0.2, -0.15) is 0 Å². The van der Waals surface area contributed by atoms with Crippen LogP contribution in [0, 0.1) is 11.3 Å². The highest BCUT2D eigenvalue weighted by Gasteiger charge is 2.24. The maximum atomic E-state index is 11.7. The summed E-state index contributed by atoms with van der Waals surface area (Å²) in [5, 5.41) is 5.49. The van der Waals surface area contributed by atoms with Crippen molar-refractivity contribution in [3.05, 3.63) is 0 Å². The molecule has 5 heteroatoms. The molecule has 4 N–H and O–H groups in total. The Labute approximate surface area is 123 Å². The van der Waals surface area contributed by atoms with E-state index in [0.29, 0.717) is 38.4 Å². The first-order valence-corrected chi connectivity index (χ1v) is 7.54. The number of nitrogens with two attached hydrogens (primary N) is 1. The first-order valence-electron chi connectivity index (χ1n) is 7.54. The lowest BCUT2D eigenvalue weighted by molar-refractivity contribution is -0.122. The summed E-state index contributed by atoms with van der Waals surface area (Å²) in [6.07, 6.45) is 2.62. The third kappa shape index (κ3) is 8.91. The lowest BCUT2D eigenvalue weighted by atomic mass is 9.76. The van der Waals surface area contributed by atoms with Crippen molar-refractivity contribution in [3.63, 3.8) is 0 Å². The molecule has 0 aliphatic rings. The summed E-state index contributed by atoms with van der Waals surface area (Å²) in [4.78, 5) is 23.0. The molecule has 5 nitrogen and oxygen atoms in total. The van der Waals surface area contributed by atoms with Crippen LogP contribution in [0.1, 0.15) is 53.4 Å². The van der Waals surface area contributed by atoms with E-state index < -0.39 is 0 Å². The Morgan fingerprint density at radius 1 is 1.05 bits per heavy atom. The number of hydrogen-bond acceptors (Lipinski definition) is 3. The van der Waals surface area contributed by atoms with Gasteiger partial charge in [0.1, 0.15) is 0 Å². The molecule has 0 saturated heterocycles. The van der Waals surface area contributed by atoms with E-state index >= 15 is 0 Å².